The molecule has 0 bridgehead atoms. The van der Waals surface area contributed by atoms with Gasteiger partial charge in [0.25, 0.3) is 16.5 Å². The Hall–Kier alpha value is -1.97. The second-order valence-corrected chi connectivity index (χ2v) is 11.4. The maximum Gasteiger partial charge on any atom is 0.352 e. The molecule has 0 saturated carbocycles. The minimum Gasteiger partial charge on any atom is -0.477 e. The number of rotatable bonds is 9. The van der Waals surface area contributed by atoms with Crippen LogP contribution < -0.4 is 14.4 Å². The van der Waals surface area contributed by atoms with Crippen LogP contribution in [0.3, 0.4) is 0 Å². The topological polar surface area (TPSA) is 158 Å². The van der Waals surface area contributed by atoms with Crippen molar-refractivity contribution in [3.8, 4) is 0 Å². The van der Waals surface area contributed by atoms with Gasteiger partial charge in [-0.1, -0.05) is 30.0 Å². The van der Waals surface area contributed by atoms with E-state index in [0.717, 1.165) is 14.7 Å². The number of carboxylic acid groups (broad SMARTS) is 1. The van der Waals surface area contributed by atoms with Crippen LogP contribution in [0.1, 0.15) is 25.1 Å². The first-order chi connectivity index (χ1) is 15.5. The van der Waals surface area contributed by atoms with Crippen molar-refractivity contribution in [3.05, 3.63) is 23.1 Å². The zero-order chi connectivity index (χ0) is 24.2. The highest BCUT2D eigenvalue weighted by Crippen LogP contribution is 2.51. The molecule has 11 nitrogen and oxygen atoms in total. The number of aliphatic hydroxyl groups is 1. The van der Waals surface area contributed by atoms with Crippen LogP contribution in [0.4, 0.5) is 0 Å². The monoisotopic (exact) mass is 516 g/mol. The van der Waals surface area contributed by atoms with Crippen LogP contribution in [0.5, 0.6) is 0 Å². The molecule has 0 spiro atoms. The van der Waals surface area contributed by atoms with Crippen LogP contribution in [0.15, 0.2) is 23.2 Å². The first-order valence-corrected chi connectivity index (χ1v) is 13.9. The Kier molecular flexibility index (Phi) is 6.35. The normalized spacial score (nSPS) is 23.8. The predicted molar refractivity (Wildman–Crippen MR) is 123 cm³/mol. The fourth-order valence-electron chi connectivity index (χ4n) is 4.78. The molecule has 180 valence electrons. The summed E-state index contributed by atoms with van der Waals surface area (Å²) >= 11 is 2.98. The fourth-order valence-corrected chi connectivity index (χ4v) is 7.41. The predicted octanol–water partition coefficient (Wildman–Crippen LogP) is -0.153. The van der Waals surface area contributed by atoms with Gasteiger partial charge in [0.05, 0.1) is 29.5 Å². The molecule has 14 heteroatoms. The van der Waals surface area contributed by atoms with Gasteiger partial charge < -0.3 is 15.1 Å². The molecule has 2 aromatic rings. The lowest BCUT2D eigenvalue weighted by molar-refractivity contribution is -0.729. The number of carbonyl (C=O) groups excluding carboxylic acids is 1. The number of fused-ring (bicyclic) bond motifs is 2. The molecule has 4 rings (SSSR count). The zero-order valence-corrected chi connectivity index (χ0v) is 20.7. The van der Waals surface area contributed by atoms with Crippen molar-refractivity contribution in [2.75, 3.05) is 12.8 Å². The van der Waals surface area contributed by atoms with Gasteiger partial charge in [0.15, 0.2) is 0 Å². The van der Waals surface area contributed by atoms with Gasteiger partial charge in [-0.25, -0.2) is 19.2 Å². The maximum atomic E-state index is 12.6. The van der Waals surface area contributed by atoms with Gasteiger partial charge in [-0.05, 0) is 19.6 Å². The lowest BCUT2D eigenvalue weighted by Crippen LogP contribution is -2.63. The SMILES string of the molecule is CSc1c2sc(C3=C(C(=O)O)N4C(=O)[C@H]([C@@H](C)O)[C@H]4[C@H]3C)cn2c[n+]1CCCNS(N)(=O)=O. The largest absolute Gasteiger partial charge is 0.477 e. The molecule has 1 saturated heterocycles. The van der Waals surface area contributed by atoms with E-state index < -0.39 is 28.2 Å². The average molecular weight is 517 g/mol. The smallest absolute Gasteiger partial charge is 0.352 e. The van der Waals surface area contributed by atoms with Gasteiger partial charge in [-0.3, -0.25) is 4.79 Å². The number of imidazole rings is 1. The quantitative estimate of drug-likeness (QED) is 0.156. The number of thioether (sulfide) groups is 1. The van der Waals surface area contributed by atoms with Gasteiger partial charge in [0, 0.05) is 18.0 Å². The summed E-state index contributed by atoms with van der Waals surface area (Å²) in [5.41, 5.74) is 0.597. The third kappa shape index (κ3) is 4.08. The van der Waals surface area contributed by atoms with E-state index in [2.05, 4.69) is 4.72 Å². The third-order valence-electron chi connectivity index (χ3n) is 6.12. The maximum absolute atomic E-state index is 12.6. The summed E-state index contributed by atoms with van der Waals surface area (Å²) in [5, 5.41) is 25.9. The summed E-state index contributed by atoms with van der Waals surface area (Å²) < 4.78 is 28.2. The number of aromatic nitrogens is 2. The van der Waals surface area contributed by atoms with Crippen molar-refractivity contribution in [2.24, 2.45) is 17.0 Å². The van der Waals surface area contributed by atoms with E-state index in [1.807, 2.05) is 34.7 Å². The van der Waals surface area contributed by atoms with E-state index >= 15 is 0 Å². The highest BCUT2D eigenvalue weighted by Gasteiger charge is 2.60. The standard InChI is InChI=1S/C19H25N5O6S3/c1-9-12(15(19(27)28)24-14(9)13(10(2)25)16(24)26)11-7-23-8-22(17(31-3)18(23)32-11)6-4-5-21-33(20,29)30/h7-10,13-14,21,25H,4-6H2,1-3H3,(H2-,20,27,28,29,30)/p+1/t9-,10+,13+,14+/m0/s1. The van der Waals surface area contributed by atoms with Gasteiger partial charge in [0.2, 0.25) is 15.8 Å². The highest BCUT2D eigenvalue weighted by atomic mass is 32.2. The van der Waals surface area contributed by atoms with Crippen molar-refractivity contribution in [2.45, 2.75) is 44.0 Å². The van der Waals surface area contributed by atoms with E-state index in [0.29, 0.717) is 18.5 Å². The molecule has 1 fully saturated rings. The molecule has 1 amide bonds. The lowest BCUT2D eigenvalue weighted by Gasteiger charge is -2.46. The number of thiazole rings is 1. The Labute approximate surface area is 199 Å². The van der Waals surface area contributed by atoms with Crippen molar-refractivity contribution < 1.29 is 32.8 Å². The Morgan fingerprint density at radius 3 is 2.73 bits per heavy atom. The summed E-state index contributed by atoms with van der Waals surface area (Å²) in [5.74, 6) is -2.34. The van der Waals surface area contributed by atoms with Crippen molar-refractivity contribution in [1.29, 1.82) is 0 Å². The molecule has 0 radical (unpaired) electrons. The molecule has 0 aromatic carbocycles. The minimum atomic E-state index is -3.72. The number of β-lactam (4-membered cyclic amide) rings is 1. The Bertz CT molecular complexity index is 1260. The number of aryl methyl sites for hydroxylation is 1. The van der Waals surface area contributed by atoms with Crippen molar-refractivity contribution in [3.63, 3.8) is 0 Å². The van der Waals surface area contributed by atoms with E-state index in [9.17, 15) is 28.2 Å². The first kappa shape index (κ1) is 24.2. The molecule has 4 atom stereocenters. The molecule has 33 heavy (non-hydrogen) atoms. The van der Waals surface area contributed by atoms with Crippen molar-refractivity contribution in [1.82, 2.24) is 14.0 Å². The van der Waals surface area contributed by atoms with Crippen LogP contribution in [-0.4, -0.2) is 64.8 Å². The van der Waals surface area contributed by atoms with Crippen molar-refractivity contribution >= 4 is 55.6 Å². The summed E-state index contributed by atoms with van der Waals surface area (Å²) in [6, 6.07) is -0.364. The highest BCUT2D eigenvalue weighted by molar-refractivity contribution is 7.98. The molecule has 4 heterocycles. The van der Waals surface area contributed by atoms with Crippen LogP contribution in [-0.2, 0) is 26.3 Å². The minimum absolute atomic E-state index is 0.00782. The molecule has 2 aromatic heterocycles. The van der Waals surface area contributed by atoms with E-state index in [-0.39, 0.29) is 30.1 Å². The third-order valence-corrected chi connectivity index (χ3v) is 8.81. The molecule has 2 aliphatic rings. The Morgan fingerprint density at radius 2 is 2.15 bits per heavy atom. The number of carboxylic acids is 1. The number of nitrogens with zero attached hydrogens (tertiary/aromatic N) is 3. The first-order valence-electron chi connectivity index (χ1n) is 10.3. The number of nitrogens with one attached hydrogen (secondary N) is 1. The summed E-state index contributed by atoms with van der Waals surface area (Å²) in [4.78, 5) is 27.7. The number of aliphatic hydroxyl groups excluding tert-OH is 1. The van der Waals surface area contributed by atoms with E-state index in [4.69, 9.17) is 5.14 Å². The number of aliphatic carboxylic acids is 1. The zero-order valence-electron chi connectivity index (χ0n) is 18.3. The van der Waals surface area contributed by atoms with Crippen LogP contribution in [0, 0.1) is 11.8 Å². The number of amides is 1. The fraction of sp³-hybridized carbons (Fsp3) is 0.526. The number of nitrogens with two attached hydrogens (primary N) is 1. The number of hydrogen-bond donors (Lipinski definition) is 4. The summed E-state index contributed by atoms with van der Waals surface area (Å²) in [6.45, 7) is 4.25. The van der Waals surface area contributed by atoms with Gasteiger partial charge in [-0.15, -0.1) is 0 Å². The molecule has 2 aliphatic heterocycles. The molecule has 5 N–H and O–H groups in total. The van der Waals surface area contributed by atoms with Crippen LogP contribution >= 0.6 is 23.1 Å². The molecular formula is C19H26N5O6S3+. The second-order valence-electron chi connectivity index (χ2n) is 8.24. The lowest BCUT2D eigenvalue weighted by atomic mass is 9.77. The summed E-state index contributed by atoms with van der Waals surface area (Å²) in [7, 11) is -3.72. The van der Waals surface area contributed by atoms with E-state index in [1.54, 1.807) is 6.92 Å². The van der Waals surface area contributed by atoms with Gasteiger partial charge in [-0.2, -0.15) is 12.8 Å². The molecular weight excluding hydrogens is 490 g/mol. The molecule has 0 aliphatic carbocycles. The second kappa shape index (κ2) is 8.67. The number of hydrogen-bond acceptors (Lipinski definition) is 7. The van der Waals surface area contributed by atoms with E-state index in [1.165, 1.54) is 28.0 Å². The summed E-state index contributed by atoms with van der Waals surface area (Å²) in [6.07, 6.45) is 5.38. The number of carbonyl (C=O) groups is 2. The van der Waals surface area contributed by atoms with Crippen LogP contribution in [0.25, 0.3) is 10.4 Å². The Balaban J connectivity index is 1.66. The average Bonchev–Trinajstić information content (AvgIpc) is 3.31. The van der Waals surface area contributed by atoms with Crippen LogP contribution in [0.2, 0.25) is 0 Å². The van der Waals surface area contributed by atoms with Gasteiger partial charge >= 0.3 is 5.97 Å². The Morgan fingerprint density at radius 1 is 1.45 bits per heavy atom. The van der Waals surface area contributed by atoms with Gasteiger partial charge in [0.1, 0.15) is 11.9 Å². The molecule has 0 unspecified atom stereocenters.